The molecule has 0 radical (unpaired) electrons. The molecule has 1 aromatic rings. The minimum absolute atomic E-state index is 0.124. The van der Waals surface area contributed by atoms with E-state index in [0.717, 1.165) is 0 Å². The number of likely N-dealkylation sites (tertiary alicyclic amines) is 1. The first-order valence-electron chi connectivity index (χ1n) is 5.19. The minimum Gasteiger partial charge on any atom is -0.304 e. The first kappa shape index (κ1) is 10.8. The second-order valence-electron chi connectivity index (χ2n) is 3.77. The number of amides is 2. The molecule has 0 aromatic carbocycles. The molecule has 1 unspecified atom stereocenters. The number of carbonyl (C=O) groups excluding carboxylic acids is 2. The quantitative estimate of drug-likeness (QED) is 0.679. The van der Waals surface area contributed by atoms with E-state index in [9.17, 15) is 9.59 Å². The lowest BCUT2D eigenvalue weighted by Crippen LogP contribution is -2.38. The van der Waals surface area contributed by atoms with Crippen LogP contribution in [0.3, 0.4) is 0 Å². The van der Waals surface area contributed by atoms with Crippen molar-refractivity contribution in [3.8, 4) is 0 Å². The molecule has 1 aromatic heterocycles. The van der Waals surface area contributed by atoms with Crippen molar-refractivity contribution >= 4 is 11.8 Å². The zero-order valence-electron chi connectivity index (χ0n) is 9.09. The molecule has 2 amide bonds. The van der Waals surface area contributed by atoms with Gasteiger partial charge in [-0.25, -0.2) is 0 Å². The molecule has 1 atom stereocenters. The van der Waals surface area contributed by atoms with E-state index < -0.39 is 0 Å². The Morgan fingerprint density at radius 1 is 1.56 bits per heavy atom. The van der Waals surface area contributed by atoms with Crippen molar-refractivity contribution in [1.82, 2.24) is 20.0 Å². The van der Waals surface area contributed by atoms with E-state index in [0.29, 0.717) is 13.1 Å². The highest BCUT2D eigenvalue weighted by Crippen LogP contribution is 2.09. The van der Waals surface area contributed by atoms with Gasteiger partial charge in [-0.3, -0.25) is 19.2 Å². The molecule has 1 aliphatic heterocycles. The molecule has 2 rings (SSSR count). The molecule has 2 heterocycles. The van der Waals surface area contributed by atoms with Crippen LogP contribution in [-0.2, 0) is 16.1 Å². The lowest BCUT2D eigenvalue weighted by atomic mass is 10.2. The molecule has 6 heteroatoms. The third-order valence-corrected chi connectivity index (χ3v) is 2.67. The van der Waals surface area contributed by atoms with Crippen molar-refractivity contribution in [1.29, 1.82) is 0 Å². The van der Waals surface area contributed by atoms with Crippen LogP contribution in [0.1, 0.15) is 6.42 Å². The fraction of sp³-hybridized carbons (Fsp3) is 0.500. The van der Waals surface area contributed by atoms with Gasteiger partial charge in [0.2, 0.25) is 11.8 Å². The van der Waals surface area contributed by atoms with Crippen LogP contribution in [0.2, 0.25) is 0 Å². The molecule has 1 aliphatic rings. The molecule has 6 nitrogen and oxygen atoms in total. The molecule has 1 saturated heterocycles. The van der Waals surface area contributed by atoms with Crippen LogP contribution in [-0.4, -0.2) is 46.1 Å². The summed E-state index contributed by atoms with van der Waals surface area (Å²) in [5.41, 5.74) is 0. The number of hydrogen-bond acceptors (Lipinski definition) is 4. The smallest absolute Gasteiger partial charge is 0.246 e. The Morgan fingerprint density at radius 3 is 2.94 bits per heavy atom. The lowest BCUT2D eigenvalue weighted by Gasteiger charge is -2.10. The summed E-state index contributed by atoms with van der Waals surface area (Å²) in [5, 5.41) is 7.10. The topological polar surface area (TPSA) is 67.2 Å². The number of rotatable bonds is 4. The molecule has 0 aliphatic carbocycles. The van der Waals surface area contributed by atoms with Gasteiger partial charge in [-0.15, -0.1) is 0 Å². The van der Waals surface area contributed by atoms with Crippen LogP contribution in [0.4, 0.5) is 0 Å². The minimum atomic E-state index is -0.368. The number of imide groups is 1. The molecule has 86 valence electrons. The Bertz CT molecular complexity index is 388. The first-order chi connectivity index (χ1) is 7.68. The van der Waals surface area contributed by atoms with Crippen molar-refractivity contribution in [2.24, 2.45) is 0 Å². The highest BCUT2D eigenvalue weighted by atomic mass is 16.2. The summed E-state index contributed by atoms with van der Waals surface area (Å²) in [6.07, 6.45) is 3.82. The maximum atomic E-state index is 11.5. The van der Waals surface area contributed by atoms with E-state index in [2.05, 4.69) is 10.4 Å². The normalized spacial score (nSPS) is 20.8. The maximum Gasteiger partial charge on any atom is 0.246 e. The van der Waals surface area contributed by atoms with Crippen LogP contribution in [0.15, 0.2) is 18.5 Å². The number of nitrogens with one attached hydrogen (secondary N) is 1. The highest BCUT2D eigenvalue weighted by molar-refractivity contribution is 6.05. The van der Waals surface area contributed by atoms with Gasteiger partial charge in [0.25, 0.3) is 0 Å². The summed E-state index contributed by atoms with van der Waals surface area (Å²) in [6.45, 7) is 1.31. The standard InChI is InChI=1S/C10H14N4O2/c1-13-9(15)7-8(10(13)16)11-4-6-14-5-2-3-12-14/h2-3,5,8,11H,4,6-7H2,1H3. The van der Waals surface area contributed by atoms with E-state index in [1.54, 1.807) is 10.9 Å². The zero-order chi connectivity index (χ0) is 11.5. The average Bonchev–Trinajstić information content (AvgIpc) is 2.85. The second-order valence-corrected chi connectivity index (χ2v) is 3.77. The Hall–Kier alpha value is -1.69. The SMILES string of the molecule is CN1C(=O)CC(NCCn2cccn2)C1=O. The van der Waals surface area contributed by atoms with Crippen molar-refractivity contribution in [2.75, 3.05) is 13.6 Å². The fourth-order valence-electron chi connectivity index (χ4n) is 1.70. The first-order valence-corrected chi connectivity index (χ1v) is 5.19. The van der Waals surface area contributed by atoms with Crippen LogP contribution in [0.5, 0.6) is 0 Å². The van der Waals surface area contributed by atoms with E-state index in [1.165, 1.54) is 11.9 Å². The largest absolute Gasteiger partial charge is 0.304 e. The van der Waals surface area contributed by atoms with Gasteiger partial charge >= 0.3 is 0 Å². The average molecular weight is 222 g/mol. The van der Waals surface area contributed by atoms with E-state index >= 15 is 0 Å². The van der Waals surface area contributed by atoms with Gasteiger partial charge in [-0.2, -0.15) is 5.10 Å². The Balaban J connectivity index is 1.79. The van der Waals surface area contributed by atoms with Gasteiger partial charge in [0, 0.05) is 26.0 Å². The van der Waals surface area contributed by atoms with Gasteiger partial charge in [-0.1, -0.05) is 0 Å². The van der Waals surface area contributed by atoms with E-state index in [-0.39, 0.29) is 24.3 Å². The molecular formula is C10H14N4O2. The van der Waals surface area contributed by atoms with Crippen LogP contribution < -0.4 is 5.32 Å². The van der Waals surface area contributed by atoms with Gasteiger partial charge < -0.3 is 5.32 Å². The van der Waals surface area contributed by atoms with Crippen molar-refractivity contribution in [3.05, 3.63) is 18.5 Å². The monoisotopic (exact) mass is 222 g/mol. The Labute approximate surface area is 93.2 Å². The number of nitrogens with zero attached hydrogens (tertiary/aromatic N) is 3. The maximum absolute atomic E-state index is 11.5. The van der Waals surface area contributed by atoms with Gasteiger partial charge in [-0.05, 0) is 6.07 Å². The molecule has 0 bridgehead atoms. The fourth-order valence-corrected chi connectivity index (χ4v) is 1.70. The van der Waals surface area contributed by atoms with Crippen molar-refractivity contribution in [2.45, 2.75) is 19.0 Å². The third kappa shape index (κ3) is 2.11. The third-order valence-electron chi connectivity index (χ3n) is 2.67. The highest BCUT2D eigenvalue weighted by Gasteiger charge is 2.35. The lowest BCUT2D eigenvalue weighted by molar-refractivity contribution is -0.137. The Kier molecular flexibility index (Phi) is 3.00. The zero-order valence-corrected chi connectivity index (χ0v) is 9.09. The summed E-state index contributed by atoms with van der Waals surface area (Å²) in [7, 11) is 1.51. The summed E-state index contributed by atoms with van der Waals surface area (Å²) < 4.78 is 1.78. The van der Waals surface area contributed by atoms with Crippen LogP contribution in [0.25, 0.3) is 0 Å². The van der Waals surface area contributed by atoms with E-state index in [4.69, 9.17) is 0 Å². The van der Waals surface area contributed by atoms with Gasteiger partial charge in [0.05, 0.1) is 19.0 Å². The van der Waals surface area contributed by atoms with Gasteiger partial charge in [0.1, 0.15) is 0 Å². The second kappa shape index (κ2) is 4.44. The molecule has 0 spiro atoms. The molecular weight excluding hydrogens is 208 g/mol. The predicted octanol–water partition coefficient (Wildman–Crippen LogP) is -0.770. The molecule has 0 saturated carbocycles. The summed E-state index contributed by atoms with van der Waals surface area (Å²) >= 11 is 0. The summed E-state index contributed by atoms with van der Waals surface area (Å²) in [6, 6.07) is 1.48. The van der Waals surface area contributed by atoms with Crippen LogP contribution >= 0.6 is 0 Å². The predicted molar refractivity (Wildman–Crippen MR) is 56.4 cm³/mol. The number of aromatic nitrogens is 2. The number of carbonyl (C=O) groups is 2. The number of hydrogen-bond donors (Lipinski definition) is 1. The van der Waals surface area contributed by atoms with Crippen LogP contribution in [0, 0.1) is 0 Å². The summed E-state index contributed by atoms with van der Waals surface area (Å²) in [5.74, 6) is -0.271. The Morgan fingerprint density at radius 2 is 2.38 bits per heavy atom. The molecule has 1 N–H and O–H groups in total. The molecule has 1 fully saturated rings. The van der Waals surface area contributed by atoms with E-state index in [1.807, 2.05) is 12.3 Å². The summed E-state index contributed by atoms with van der Waals surface area (Å²) in [4.78, 5) is 23.9. The van der Waals surface area contributed by atoms with Gasteiger partial charge in [0.15, 0.2) is 0 Å². The molecule has 16 heavy (non-hydrogen) atoms. The number of likely N-dealkylation sites (N-methyl/N-ethyl adjacent to an activating group) is 1. The van der Waals surface area contributed by atoms with Crippen molar-refractivity contribution < 1.29 is 9.59 Å². The van der Waals surface area contributed by atoms with Crippen molar-refractivity contribution in [3.63, 3.8) is 0 Å².